The highest BCUT2D eigenvalue weighted by Crippen LogP contribution is 2.43. The zero-order valence-electron chi connectivity index (χ0n) is 11.9. The number of ketones is 1. The van der Waals surface area contributed by atoms with E-state index < -0.39 is 6.10 Å². The first kappa shape index (κ1) is 15.3. The molecule has 3 rings (SSSR count). The lowest BCUT2D eigenvalue weighted by molar-refractivity contribution is -0.125. The summed E-state index contributed by atoms with van der Waals surface area (Å²) in [6, 6.07) is 5.72. The highest BCUT2D eigenvalue weighted by molar-refractivity contribution is 6.42. The molecule has 114 valence electrons. The number of halogens is 2. The average molecular weight is 328 g/mol. The normalized spacial score (nSPS) is 35.0. The van der Waals surface area contributed by atoms with Gasteiger partial charge in [0.1, 0.15) is 5.78 Å². The molecule has 2 bridgehead atoms. The summed E-state index contributed by atoms with van der Waals surface area (Å²) in [4.78, 5) is 12.4. The zero-order chi connectivity index (χ0) is 15.1. The molecule has 2 aliphatic rings. The molecule has 1 aromatic carbocycles. The number of benzene rings is 1. The van der Waals surface area contributed by atoms with Crippen molar-refractivity contribution in [2.24, 2.45) is 5.92 Å². The maximum atomic E-state index is 12.4. The fourth-order valence-corrected chi connectivity index (χ4v) is 4.15. The van der Waals surface area contributed by atoms with Crippen LogP contribution in [0.3, 0.4) is 0 Å². The van der Waals surface area contributed by atoms with E-state index in [1.165, 1.54) is 0 Å². The van der Waals surface area contributed by atoms with Gasteiger partial charge in [-0.2, -0.15) is 0 Å². The average Bonchev–Trinajstić information content (AvgIpc) is 2.76. The first-order valence-corrected chi connectivity index (χ1v) is 8.18. The summed E-state index contributed by atoms with van der Waals surface area (Å²) in [5, 5.41) is 14.7. The SMILES string of the molecule is CCC(=O)[C@@H]1[C@@H]2NC(CC2O)C[C@H]1c1ccc(Cl)c(Cl)c1. The molecule has 21 heavy (non-hydrogen) atoms. The summed E-state index contributed by atoms with van der Waals surface area (Å²) in [6.45, 7) is 1.88. The first-order valence-electron chi connectivity index (χ1n) is 7.43. The maximum absolute atomic E-state index is 12.4. The number of rotatable bonds is 3. The number of hydrogen-bond donors (Lipinski definition) is 2. The molecule has 2 saturated heterocycles. The van der Waals surface area contributed by atoms with E-state index in [0.717, 1.165) is 18.4 Å². The minimum Gasteiger partial charge on any atom is -0.391 e. The topological polar surface area (TPSA) is 49.3 Å². The fourth-order valence-electron chi connectivity index (χ4n) is 3.85. The summed E-state index contributed by atoms with van der Waals surface area (Å²) in [5.74, 6) is 0.101. The Kier molecular flexibility index (Phi) is 4.28. The molecule has 2 heterocycles. The van der Waals surface area contributed by atoms with Crippen LogP contribution in [0, 0.1) is 5.92 Å². The second-order valence-electron chi connectivity index (χ2n) is 6.05. The van der Waals surface area contributed by atoms with E-state index in [1.54, 1.807) is 6.07 Å². The molecule has 2 fully saturated rings. The van der Waals surface area contributed by atoms with Gasteiger partial charge in [-0.3, -0.25) is 4.79 Å². The third-order valence-electron chi connectivity index (χ3n) is 4.82. The lowest BCUT2D eigenvalue weighted by Crippen LogP contribution is -2.50. The van der Waals surface area contributed by atoms with Crippen molar-refractivity contribution in [1.29, 1.82) is 0 Å². The summed E-state index contributed by atoms with van der Waals surface area (Å²) in [5.41, 5.74) is 1.04. The van der Waals surface area contributed by atoms with Crippen LogP contribution < -0.4 is 5.32 Å². The van der Waals surface area contributed by atoms with E-state index in [9.17, 15) is 9.90 Å². The molecule has 0 saturated carbocycles. The van der Waals surface area contributed by atoms with Gasteiger partial charge in [0.05, 0.1) is 16.1 Å². The van der Waals surface area contributed by atoms with Gasteiger partial charge in [-0.25, -0.2) is 0 Å². The van der Waals surface area contributed by atoms with Crippen molar-refractivity contribution in [2.45, 2.75) is 50.3 Å². The van der Waals surface area contributed by atoms with Gasteiger partial charge in [0.2, 0.25) is 0 Å². The quantitative estimate of drug-likeness (QED) is 0.896. The van der Waals surface area contributed by atoms with Crippen LogP contribution in [0.15, 0.2) is 18.2 Å². The minimum atomic E-state index is -0.441. The van der Waals surface area contributed by atoms with Gasteiger partial charge in [-0.15, -0.1) is 0 Å². The third-order valence-corrected chi connectivity index (χ3v) is 5.56. The van der Waals surface area contributed by atoms with E-state index in [4.69, 9.17) is 23.2 Å². The Labute approximate surface area is 134 Å². The molecular weight excluding hydrogens is 309 g/mol. The number of fused-ring (bicyclic) bond motifs is 2. The van der Waals surface area contributed by atoms with Crippen LogP contribution in [0.5, 0.6) is 0 Å². The molecule has 1 aromatic rings. The second-order valence-corrected chi connectivity index (χ2v) is 6.87. The van der Waals surface area contributed by atoms with E-state index in [-0.39, 0.29) is 29.7 Å². The molecule has 2 N–H and O–H groups in total. The Morgan fingerprint density at radius 2 is 2.10 bits per heavy atom. The summed E-state index contributed by atoms with van der Waals surface area (Å²) in [6.07, 6.45) is 1.61. The van der Waals surface area contributed by atoms with E-state index in [2.05, 4.69) is 5.32 Å². The van der Waals surface area contributed by atoms with E-state index >= 15 is 0 Å². The molecule has 0 aliphatic carbocycles. The molecule has 2 unspecified atom stereocenters. The number of nitrogens with one attached hydrogen (secondary N) is 1. The van der Waals surface area contributed by atoms with Gasteiger partial charge in [0, 0.05) is 24.4 Å². The van der Waals surface area contributed by atoms with Crippen molar-refractivity contribution in [3.05, 3.63) is 33.8 Å². The van der Waals surface area contributed by atoms with Crippen molar-refractivity contribution in [1.82, 2.24) is 5.32 Å². The van der Waals surface area contributed by atoms with Crippen LogP contribution in [0.4, 0.5) is 0 Å². The number of piperidine rings is 1. The number of Topliss-reactive ketones (excluding diaryl/α,β-unsaturated/α-hetero) is 1. The Hall–Kier alpha value is -0.610. The number of carbonyl (C=O) groups excluding carboxylic acids is 1. The van der Waals surface area contributed by atoms with Crippen molar-refractivity contribution in [3.8, 4) is 0 Å². The predicted molar refractivity (Wildman–Crippen MR) is 83.9 cm³/mol. The number of aliphatic hydroxyl groups is 1. The van der Waals surface area contributed by atoms with Crippen LogP contribution in [-0.2, 0) is 4.79 Å². The van der Waals surface area contributed by atoms with Crippen molar-refractivity contribution < 1.29 is 9.90 Å². The summed E-state index contributed by atoms with van der Waals surface area (Å²) >= 11 is 12.1. The summed E-state index contributed by atoms with van der Waals surface area (Å²) in [7, 11) is 0. The molecule has 0 radical (unpaired) electrons. The highest BCUT2D eigenvalue weighted by Gasteiger charge is 2.49. The van der Waals surface area contributed by atoms with Gasteiger partial charge in [-0.05, 0) is 36.5 Å². The van der Waals surface area contributed by atoms with Gasteiger partial charge < -0.3 is 10.4 Å². The standard InChI is InChI=1S/C16H19Cl2NO2/c1-2-13(20)15-10(6-9-7-14(21)16(15)19-9)8-3-4-11(17)12(18)5-8/h3-5,9-10,14-16,19,21H,2,6-7H2,1H3/t9?,10-,14?,15+,16+/m0/s1. The predicted octanol–water partition coefficient (Wildman–Crippen LogP) is 3.17. The van der Waals surface area contributed by atoms with Crippen molar-refractivity contribution >= 4 is 29.0 Å². The van der Waals surface area contributed by atoms with Crippen LogP contribution in [0.1, 0.15) is 37.7 Å². The number of carbonyl (C=O) groups is 1. The Morgan fingerprint density at radius 1 is 1.33 bits per heavy atom. The lowest BCUT2D eigenvalue weighted by Gasteiger charge is -2.37. The molecule has 0 aromatic heterocycles. The van der Waals surface area contributed by atoms with Gasteiger partial charge in [0.25, 0.3) is 0 Å². The molecule has 2 aliphatic heterocycles. The molecular formula is C16H19Cl2NO2. The zero-order valence-corrected chi connectivity index (χ0v) is 13.4. The molecule has 3 nitrogen and oxygen atoms in total. The monoisotopic (exact) mass is 327 g/mol. The minimum absolute atomic E-state index is 0.0978. The third kappa shape index (κ3) is 2.72. The van der Waals surface area contributed by atoms with Crippen molar-refractivity contribution in [3.63, 3.8) is 0 Å². The van der Waals surface area contributed by atoms with Crippen LogP contribution in [0.2, 0.25) is 10.0 Å². The Morgan fingerprint density at radius 3 is 2.76 bits per heavy atom. The Balaban J connectivity index is 1.98. The fraction of sp³-hybridized carbons (Fsp3) is 0.562. The van der Waals surface area contributed by atoms with Crippen LogP contribution >= 0.6 is 23.2 Å². The van der Waals surface area contributed by atoms with Gasteiger partial charge in [-0.1, -0.05) is 36.2 Å². The maximum Gasteiger partial charge on any atom is 0.137 e. The highest BCUT2D eigenvalue weighted by atomic mass is 35.5. The second kappa shape index (κ2) is 5.88. The summed E-state index contributed by atoms with van der Waals surface area (Å²) < 4.78 is 0. The van der Waals surface area contributed by atoms with E-state index in [1.807, 2.05) is 19.1 Å². The molecule has 5 atom stereocenters. The number of hydrogen-bond acceptors (Lipinski definition) is 3. The van der Waals surface area contributed by atoms with Crippen molar-refractivity contribution in [2.75, 3.05) is 0 Å². The lowest BCUT2D eigenvalue weighted by atomic mass is 9.74. The van der Waals surface area contributed by atoms with Gasteiger partial charge in [0.15, 0.2) is 0 Å². The number of aliphatic hydroxyl groups excluding tert-OH is 1. The molecule has 0 amide bonds. The first-order chi connectivity index (χ1) is 10.0. The molecule has 5 heteroatoms. The van der Waals surface area contributed by atoms with Crippen LogP contribution in [0.25, 0.3) is 0 Å². The van der Waals surface area contributed by atoms with E-state index in [0.29, 0.717) is 16.5 Å². The largest absolute Gasteiger partial charge is 0.391 e. The smallest absolute Gasteiger partial charge is 0.137 e. The Bertz CT molecular complexity index is 563. The van der Waals surface area contributed by atoms with Gasteiger partial charge >= 0.3 is 0 Å². The molecule has 0 spiro atoms. The van der Waals surface area contributed by atoms with Crippen LogP contribution in [-0.4, -0.2) is 29.1 Å².